The maximum atomic E-state index is 12.5. The van der Waals surface area contributed by atoms with Gasteiger partial charge >= 0.3 is 0 Å². The number of benzene rings is 2. The van der Waals surface area contributed by atoms with E-state index in [-0.39, 0.29) is 18.5 Å². The molecule has 0 saturated heterocycles. The summed E-state index contributed by atoms with van der Waals surface area (Å²) in [6, 6.07) is 15.4. The van der Waals surface area contributed by atoms with E-state index in [0.29, 0.717) is 0 Å². The highest BCUT2D eigenvalue weighted by Crippen LogP contribution is 2.23. The van der Waals surface area contributed by atoms with E-state index in [1.807, 2.05) is 49.4 Å². The van der Waals surface area contributed by atoms with Gasteiger partial charge in [-0.15, -0.1) is 0 Å². The summed E-state index contributed by atoms with van der Waals surface area (Å²) >= 11 is 0. The van der Waals surface area contributed by atoms with Crippen LogP contribution in [0.2, 0.25) is 0 Å². The summed E-state index contributed by atoms with van der Waals surface area (Å²) in [5.74, 6) is -0.0942. The Labute approximate surface area is 136 Å². The molecule has 0 radical (unpaired) electrons. The monoisotopic (exact) mass is 310 g/mol. The maximum Gasteiger partial charge on any atom is 0.241 e. The molecule has 0 aromatic heterocycles. The normalized spacial score (nSPS) is 18.1. The molecule has 120 valence electrons. The summed E-state index contributed by atoms with van der Waals surface area (Å²) in [4.78, 5) is 12.5. The summed E-state index contributed by atoms with van der Waals surface area (Å²) in [7, 11) is 0. The zero-order valence-corrected chi connectivity index (χ0v) is 13.3. The van der Waals surface area contributed by atoms with E-state index in [1.54, 1.807) is 0 Å². The van der Waals surface area contributed by atoms with Crippen molar-refractivity contribution in [2.24, 2.45) is 0 Å². The lowest BCUT2D eigenvalue weighted by atomic mass is 9.94. The Bertz CT molecular complexity index is 682. The second-order valence-electron chi connectivity index (χ2n) is 6.01. The van der Waals surface area contributed by atoms with Gasteiger partial charge in [0.2, 0.25) is 5.91 Å². The number of nitrogens with one attached hydrogen (secondary N) is 2. The second-order valence-corrected chi connectivity index (χ2v) is 6.01. The molecule has 2 aromatic rings. The van der Waals surface area contributed by atoms with Gasteiger partial charge in [-0.25, -0.2) is 0 Å². The molecule has 0 saturated carbocycles. The first-order valence-electron chi connectivity index (χ1n) is 7.98. The van der Waals surface area contributed by atoms with E-state index in [4.69, 9.17) is 0 Å². The van der Waals surface area contributed by atoms with Crippen molar-refractivity contribution in [3.8, 4) is 0 Å². The topological polar surface area (TPSA) is 61.4 Å². The minimum atomic E-state index is -0.696. The number of hydrogen-bond donors (Lipinski definition) is 3. The minimum Gasteiger partial charge on any atom is -0.387 e. The number of aliphatic hydroxyl groups is 1. The quantitative estimate of drug-likeness (QED) is 0.810. The zero-order valence-electron chi connectivity index (χ0n) is 13.3. The molecule has 0 fully saturated rings. The molecule has 4 heteroatoms. The Kier molecular flexibility index (Phi) is 4.74. The van der Waals surface area contributed by atoms with Crippen LogP contribution in [0.3, 0.4) is 0 Å². The zero-order chi connectivity index (χ0) is 16.2. The summed E-state index contributed by atoms with van der Waals surface area (Å²) in [6.45, 7) is 3.00. The first-order valence-corrected chi connectivity index (χ1v) is 7.98. The van der Waals surface area contributed by atoms with Crippen LogP contribution in [0.25, 0.3) is 0 Å². The standard InChI is InChI=1S/C19H22N2O2/c1-13-6-8-15(9-7-13)17(22)12-21-19(23)18-16-5-3-2-4-14(16)10-11-20-18/h2-9,17-18,20,22H,10-12H2,1H3,(H,21,23). The molecule has 1 aliphatic heterocycles. The average molecular weight is 310 g/mol. The number of hydrogen-bond acceptors (Lipinski definition) is 3. The third-order valence-electron chi connectivity index (χ3n) is 4.30. The van der Waals surface area contributed by atoms with E-state index in [1.165, 1.54) is 5.56 Å². The number of carbonyl (C=O) groups is 1. The summed E-state index contributed by atoms with van der Waals surface area (Å²) in [6.07, 6.45) is 0.241. The first-order chi connectivity index (χ1) is 11.1. The van der Waals surface area contributed by atoms with Crippen molar-refractivity contribution < 1.29 is 9.90 Å². The lowest BCUT2D eigenvalue weighted by Crippen LogP contribution is -2.42. The van der Waals surface area contributed by atoms with Crippen LogP contribution in [0.1, 0.15) is 34.4 Å². The van der Waals surface area contributed by atoms with Crippen molar-refractivity contribution in [3.05, 3.63) is 70.8 Å². The fourth-order valence-corrected chi connectivity index (χ4v) is 2.94. The van der Waals surface area contributed by atoms with Gasteiger partial charge in [-0.1, -0.05) is 54.1 Å². The molecule has 4 nitrogen and oxygen atoms in total. The molecule has 0 aliphatic carbocycles. The molecule has 2 unspecified atom stereocenters. The average Bonchev–Trinajstić information content (AvgIpc) is 2.59. The van der Waals surface area contributed by atoms with Gasteiger partial charge in [-0.05, 0) is 30.0 Å². The SMILES string of the molecule is Cc1ccc(C(O)CNC(=O)C2NCCc3ccccc32)cc1. The lowest BCUT2D eigenvalue weighted by molar-refractivity contribution is -0.123. The summed E-state index contributed by atoms with van der Waals surface area (Å²) < 4.78 is 0. The Morgan fingerprint density at radius 1 is 1.26 bits per heavy atom. The van der Waals surface area contributed by atoms with Crippen molar-refractivity contribution in [2.45, 2.75) is 25.5 Å². The molecular formula is C19H22N2O2. The summed E-state index contributed by atoms with van der Waals surface area (Å²) in [5.41, 5.74) is 4.20. The predicted molar refractivity (Wildman–Crippen MR) is 90.0 cm³/mol. The highest BCUT2D eigenvalue weighted by Gasteiger charge is 2.25. The van der Waals surface area contributed by atoms with Gasteiger partial charge < -0.3 is 15.7 Å². The van der Waals surface area contributed by atoms with Gasteiger partial charge in [-0.3, -0.25) is 4.79 Å². The number of aliphatic hydroxyl groups excluding tert-OH is 1. The molecular weight excluding hydrogens is 288 g/mol. The van der Waals surface area contributed by atoms with Crippen LogP contribution in [0.15, 0.2) is 48.5 Å². The molecule has 0 spiro atoms. The number of amides is 1. The minimum absolute atomic E-state index is 0.0942. The van der Waals surface area contributed by atoms with E-state index < -0.39 is 6.10 Å². The third-order valence-corrected chi connectivity index (χ3v) is 4.30. The fraction of sp³-hybridized carbons (Fsp3) is 0.316. The molecule has 1 aliphatic rings. The van der Waals surface area contributed by atoms with Gasteiger partial charge in [0, 0.05) is 13.1 Å². The second kappa shape index (κ2) is 6.94. The number of aryl methyl sites for hydroxylation is 1. The van der Waals surface area contributed by atoms with E-state index in [0.717, 1.165) is 29.7 Å². The van der Waals surface area contributed by atoms with Crippen LogP contribution >= 0.6 is 0 Å². The molecule has 1 amide bonds. The molecule has 3 N–H and O–H groups in total. The predicted octanol–water partition coefficient (Wildman–Crippen LogP) is 2.03. The van der Waals surface area contributed by atoms with Crippen molar-refractivity contribution in [2.75, 3.05) is 13.1 Å². The van der Waals surface area contributed by atoms with Crippen LogP contribution in [-0.2, 0) is 11.2 Å². The molecule has 23 heavy (non-hydrogen) atoms. The lowest BCUT2D eigenvalue weighted by Gasteiger charge is -2.26. The highest BCUT2D eigenvalue weighted by molar-refractivity contribution is 5.84. The van der Waals surface area contributed by atoms with Crippen LogP contribution in [0.4, 0.5) is 0 Å². The smallest absolute Gasteiger partial charge is 0.241 e. The van der Waals surface area contributed by atoms with Crippen LogP contribution < -0.4 is 10.6 Å². The van der Waals surface area contributed by atoms with Gasteiger partial charge in [0.15, 0.2) is 0 Å². The fourth-order valence-electron chi connectivity index (χ4n) is 2.94. The third kappa shape index (κ3) is 3.60. The van der Waals surface area contributed by atoms with Crippen molar-refractivity contribution in [1.82, 2.24) is 10.6 Å². The number of fused-ring (bicyclic) bond motifs is 1. The van der Waals surface area contributed by atoms with Crippen LogP contribution in [0, 0.1) is 6.92 Å². The van der Waals surface area contributed by atoms with E-state index >= 15 is 0 Å². The van der Waals surface area contributed by atoms with Gasteiger partial charge in [0.05, 0.1) is 6.10 Å². The molecule has 2 aromatic carbocycles. The Balaban J connectivity index is 1.63. The summed E-state index contributed by atoms with van der Waals surface area (Å²) in [5, 5.41) is 16.3. The Morgan fingerprint density at radius 3 is 2.78 bits per heavy atom. The number of rotatable bonds is 4. The van der Waals surface area contributed by atoms with Crippen LogP contribution in [0.5, 0.6) is 0 Å². The van der Waals surface area contributed by atoms with Crippen molar-refractivity contribution in [3.63, 3.8) is 0 Å². The molecule has 3 rings (SSSR count). The van der Waals surface area contributed by atoms with Crippen LogP contribution in [-0.4, -0.2) is 24.1 Å². The van der Waals surface area contributed by atoms with E-state index in [9.17, 15) is 9.90 Å². The molecule has 0 bridgehead atoms. The van der Waals surface area contributed by atoms with Crippen molar-refractivity contribution in [1.29, 1.82) is 0 Å². The molecule has 1 heterocycles. The van der Waals surface area contributed by atoms with Gasteiger partial charge in [0.25, 0.3) is 0 Å². The number of carbonyl (C=O) groups excluding carboxylic acids is 1. The maximum absolute atomic E-state index is 12.5. The van der Waals surface area contributed by atoms with Gasteiger partial charge in [-0.2, -0.15) is 0 Å². The van der Waals surface area contributed by atoms with Crippen molar-refractivity contribution >= 4 is 5.91 Å². The largest absolute Gasteiger partial charge is 0.387 e. The van der Waals surface area contributed by atoms with E-state index in [2.05, 4.69) is 16.7 Å². The Morgan fingerprint density at radius 2 is 2.00 bits per heavy atom. The van der Waals surface area contributed by atoms with Gasteiger partial charge in [0.1, 0.15) is 6.04 Å². The molecule has 2 atom stereocenters. The Hall–Kier alpha value is -2.17. The highest BCUT2D eigenvalue weighted by atomic mass is 16.3. The first kappa shape index (κ1) is 15.7.